The van der Waals surface area contributed by atoms with E-state index in [9.17, 15) is 14.0 Å². The quantitative estimate of drug-likeness (QED) is 0.340. The van der Waals surface area contributed by atoms with Crippen LogP contribution in [0.15, 0.2) is 53.1 Å². The molecule has 0 fully saturated rings. The summed E-state index contributed by atoms with van der Waals surface area (Å²) in [6.45, 7) is 0. The van der Waals surface area contributed by atoms with Crippen LogP contribution in [0.1, 0.15) is 10.4 Å². The van der Waals surface area contributed by atoms with Crippen molar-refractivity contribution >= 4 is 61.5 Å². The fourth-order valence-electron chi connectivity index (χ4n) is 2.59. The number of thioether (sulfide) groups is 1. The van der Waals surface area contributed by atoms with Crippen molar-refractivity contribution in [2.45, 2.75) is 5.03 Å². The molecule has 0 aliphatic carbocycles. The fourth-order valence-corrected chi connectivity index (χ4v) is 5.40. The molecule has 0 radical (unpaired) electrons. The van der Waals surface area contributed by atoms with Crippen LogP contribution in [0.25, 0.3) is 20.7 Å². The summed E-state index contributed by atoms with van der Waals surface area (Å²) in [5, 5.41) is 5.52. The van der Waals surface area contributed by atoms with Crippen molar-refractivity contribution in [2.24, 2.45) is 5.73 Å². The molecular formula is C19H13FN4O2S3. The highest BCUT2D eigenvalue weighted by Gasteiger charge is 2.15. The van der Waals surface area contributed by atoms with E-state index in [2.05, 4.69) is 15.3 Å². The maximum atomic E-state index is 13.2. The van der Waals surface area contributed by atoms with Gasteiger partial charge in [-0.1, -0.05) is 23.9 Å². The van der Waals surface area contributed by atoms with Gasteiger partial charge >= 0.3 is 0 Å². The van der Waals surface area contributed by atoms with Crippen LogP contribution in [-0.2, 0) is 4.79 Å². The predicted molar refractivity (Wildman–Crippen MR) is 115 cm³/mol. The molecule has 10 heteroatoms. The van der Waals surface area contributed by atoms with Crippen molar-refractivity contribution in [3.63, 3.8) is 0 Å². The summed E-state index contributed by atoms with van der Waals surface area (Å²) in [5.74, 6) is -1.02. The number of hydrogen-bond acceptors (Lipinski definition) is 7. The normalized spacial score (nSPS) is 10.9. The average molecular weight is 445 g/mol. The van der Waals surface area contributed by atoms with Crippen molar-refractivity contribution < 1.29 is 14.0 Å². The van der Waals surface area contributed by atoms with Crippen LogP contribution < -0.4 is 11.1 Å². The van der Waals surface area contributed by atoms with Gasteiger partial charge in [-0.15, -0.1) is 22.7 Å². The van der Waals surface area contributed by atoms with E-state index in [1.807, 2.05) is 6.07 Å². The molecule has 0 saturated carbocycles. The number of rotatable bonds is 6. The van der Waals surface area contributed by atoms with E-state index in [4.69, 9.17) is 5.73 Å². The number of benzene rings is 1. The number of amides is 2. The molecule has 1 aromatic carbocycles. The molecule has 4 rings (SSSR count). The summed E-state index contributed by atoms with van der Waals surface area (Å²) in [7, 11) is 0. The Balaban J connectivity index is 1.50. The molecule has 0 aliphatic rings. The molecule has 2 amide bonds. The Labute approximate surface area is 177 Å². The molecule has 0 atom stereocenters. The first-order chi connectivity index (χ1) is 14.0. The molecule has 0 spiro atoms. The zero-order valence-corrected chi connectivity index (χ0v) is 17.2. The number of hydrogen-bond donors (Lipinski definition) is 2. The van der Waals surface area contributed by atoms with E-state index in [1.54, 1.807) is 23.6 Å². The molecule has 3 aromatic heterocycles. The van der Waals surface area contributed by atoms with Crippen molar-refractivity contribution in [1.82, 2.24) is 9.97 Å². The highest BCUT2D eigenvalue weighted by atomic mass is 32.2. The van der Waals surface area contributed by atoms with E-state index in [0.29, 0.717) is 15.6 Å². The summed E-state index contributed by atoms with van der Waals surface area (Å²) >= 11 is 4.01. The van der Waals surface area contributed by atoms with Gasteiger partial charge in [-0.2, -0.15) is 0 Å². The summed E-state index contributed by atoms with van der Waals surface area (Å²) < 4.78 is 14.0. The average Bonchev–Trinajstić information content (AvgIpc) is 3.34. The van der Waals surface area contributed by atoms with Gasteiger partial charge in [0, 0.05) is 4.88 Å². The summed E-state index contributed by atoms with van der Waals surface area (Å²) in [6.07, 6.45) is 1.45. The topological polar surface area (TPSA) is 98.0 Å². The second-order valence-electron chi connectivity index (χ2n) is 5.88. The minimum atomic E-state index is -0.585. The molecule has 3 N–H and O–H groups in total. The van der Waals surface area contributed by atoms with Crippen molar-refractivity contribution in [2.75, 3.05) is 11.1 Å². The second kappa shape index (κ2) is 8.27. The monoisotopic (exact) mass is 444 g/mol. The number of carbonyl (C=O) groups excluding carboxylic acids is 2. The molecular weight excluding hydrogens is 431 g/mol. The van der Waals surface area contributed by atoms with E-state index in [0.717, 1.165) is 20.7 Å². The van der Waals surface area contributed by atoms with Crippen molar-refractivity contribution in [3.05, 3.63) is 59.5 Å². The van der Waals surface area contributed by atoms with E-state index >= 15 is 0 Å². The molecule has 4 aromatic rings. The number of aromatic nitrogens is 2. The fraction of sp³-hybridized carbons (Fsp3) is 0.0526. The van der Waals surface area contributed by atoms with Gasteiger partial charge in [0.2, 0.25) is 5.91 Å². The minimum absolute atomic E-state index is 0.117. The minimum Gasteiger partial charge on any atom is -0.366 e. The maximum Gasteiger partial charge on any atom is 0.251 e. The van der Waals surface area contributed by atoms with Gasteiger partial charge in [-0.25, -0.2) is 14.4 Å². The third-order valence-corrected chi connectivity index (χ3v) is 7.06. The highest BCUT2D eigenvalue weighted by Crippen LogP contribution is 2.37. The van der Waals surface area contributed by atoms with Crippen molar-refractivity contribution in [1.29, 1.82) is 0 Å². The lowest BCUT2D eigenvalue weighted by atomic mass is 10.2. The van der Waals surface area contributed by atoms with Crippen LogP contribution in [0.2, 0.25) is 0 Å². The van der Waals surface area contributed by atoms with Gasteiger partial charge in [-0.05, 0) is 35.2 Å². The van der Waals surface area contributed by atoms with Gasteiger partial charge < -0.3 is 11.1 Å². The SMILES string of the molecule is NC(=O)c1ccsc1NC(=O)CSc1ncnc2cc(-c3ccc(F)cc3)sc12. The van der Waals surface area contributed by atoms with Gasteiger partial charge in [-0.3, -0.25) is 9.59 Å². The number of halogens is 1. The van der Waals surface area contributed by atoms with Gasteiger partial charge in [0.25, 0.3) is 5.91 Å². The number of nitrogens with two attached hydrogens (primary N) is 1. The van der Waals surface area contributed by atoms with E-state index in [-0.39, 0.29) is 17.5 Å². The first kappa shape index (κ1) is 19.5. The van der Waals surface area contributed by atoms with Crippen molar-refractivity contribution in [3.8, 4) is 10.4 Å². The Morgan fingerprint density at radius 2 is 1.97 bits per heavy atom. The second-order valence-corrected chi connectivity index (χ2v) is 8.81. The lowest BCUT2D eigenvalue weighted by Crippen LogP contribution is -2.17. The van der Waals surface area contributed by atoms with Crippen LogP contribution >= 0.6 is 34.4 Å². The summed E-state index contributed by atoms with van der Waals surface area (Å²) in [6, 6.07) is 9.75. The Hall–Kier alpha value is -2.82. The standard InChI is InChI=1S/C19H13FN4O2S3/c20-11-3-1-10(2-4-11)14-7-13-16(29-14)19(23-9-22-13)28-8-15(25)24-18-12(17(21)26)5-6-27-18/h1-7,9H,8H2,(H2,21,26)(H,24,25). The molecule has 146 valence electrons. The Kier molecular flexibility index (Phi) is 5.56. The van der Waals surface area contributed by atoms with Crippen LogP contribution in [0.3, 0.4) is 0 Å². The molecule has 0 bridgehead atoms. The van der Waals surface area contributed by atoms with E-state index in [1.165, 1.54) is 52.9 Å². The molecule has 3 heterocycles. The lowest BCUT2D eigenvalue weighted by molar-refractivity contribution is -0.113. The molecule has 6 nitrogen and oxygen atoms in total. The first-order valence-corrected chi connectivity index (χ1v) is 11.0. The molecule has 0 saturated heterocycles. The number of anilines is 1. The van der Waals surface area contributed by atoms with Crippen LogP contribution in [-0.4, -0.2) is 27.5 Å². The number of fused-ring (bicyclic) bond motifs is 1. The first-order valence-electron chi connectivity index (χ1n) is 8.31. The van der Waals surface area contributed by atoms with Crippen LogP contribution in [0.5, 0.6) is 0 Å². The number of primary amides is 1. The third kappa shape index (κ3) is 4.29. The predicted octanol–water partition coefficient (Wildman–Crippen LogP) is 4.39. The van der Waals surface area contributed by atoms with Gasteiger partial charge in [0.1, 0.15) is 22.2 Å². The Morgan fingerprint density at radius 1 is 1.17 bits per heavy atom. The van der Waals surface area contributed by atoms with Crippen LogP contribution in [0, 0.1) is 5.82 Å². The number of nitrogens with zero attached hydrogens (tertiary/aromatic N) is 2. The maximum absolute atomic E-state index is 13.2. The Bertz CT molecular complexity index is 1200. The molecule has 0 unspecified atom stereocenters. The Morgan fingerprint density at radius 3 is 2.72 bits per heavy atom. The number of thiophene rings is 2. The summed E-state index contributed by atoms with van der Waals surface area (Å²) in [4.78, 5) is 33.2. The summed E-state index contributed by atoms with van der Waals surface area (Å²) in [5.41, 5.74) is 7.24. The van der Waals surface area contributed by atoms with E-state index < -0.39 is 5.91 Å². The smallest absolute Gasteiger partial charge is 0.251 e. The molecule has 0 aliphatic heterocycles. The van der Waals surface area contributed by atoms with Crippen LogP contribution in [0.4, 0.5) is 9.39 Å². The third-order valence-electron chi connectivity index (χ3n) is 3.93. The highest BCUT2D eigenvalue weighted by molar-refractivity contribution is 8.00. The lowest BCUT2D eigenvalue weighted by Gasteiger charge is -2.04. The zero-order chi connectivity index (χ0) is 20.4. The number of nitrogens with one attached hydrogen (secondary N) is 1. The number of carbonyl (C=O) groups is 2. The largest absolute Gasteiger partial charge is 0.366 e. The van der Waals surface area contributed by atoms with Gasteiger partial charge in [0.05, 0.1) is 21.5 Å². The zero-order valence-electron chi connectivity index (χ0n) is 14.7. The molecule has 29 heavy (non-hydrogen) atoms. The van der Waals surface area contributed by atoms with Gasteiger partial charge in [0.15, 0.2) is 0 Å².